The van der Waals surface area contributed by atoms with Gasteiger partial charge in [-0.3, -0.25) is 0 Å². The number of hydrogen-bond acceptors (Lipinski definition) is 2. The zero-order chi connectivity index (χ0) is 15.6. The van der Waals surface area contributed by atoms with Gasteiger partial charge in [-0.05, 0) is 24.1 Å². The number of nitrogens with zero attached hydrogens (tertiary/aromatic N) is 3. The third-order valence-corrected chi connectivity index (χ3v) is 4.21. The molecule has 2 aromatic carbocycles. The number of H-pyrrole nitrogens is 1. The highest BCUT2D eigenvalue weighted by Crippen LogP contribution is 2.26. The minimum absolute atomic E-state index is 0.297. The number of benzene rings is 2. The number of rotatable bonds is 4. The normalized spacial score (nSPS) is 12.6. The van der Waals surface area contributed by atoms with Gasteiger partial charge in [-0.1, -0.05) is 43.3 Å². The molecule has 0 spiro atoms. The molecule has 0 radical (unpaired) electrons. The number of hydrogen-bond donors (Lipinski definition) is 1. The Hall–Kier alpha value is -2.88. The molecule has 23 heavy (non-hydrogen) atoms. The van der Waals surface area contributed by atoms with Crippen LogP contribution in [-0.4, -0.2) is 19.5 Å². The van der Waals surface area contributed by atoms with E-state index in [0.29, 0.717) is 6.04 Å². The topological polar surface area (TPSA) is 46.5 Å². The molecule has 0 amide bonds. The molecule has 4 heteroatoms. The van der Waals surface area contributed by atoms with Crippen molar-refractivity contribution in [2.75, 3.05) is 0 Å². The first-order chi connectivity index (χ1) is 11.3. The van der Waals surface area contributed by atoms with Crippen LogP contribution in [0, 0.1) is 0 Å². The molecule has 4 aromatic rings. The standard InChI is InChI=1S/C19H18N4/c1-2-18(23-11-10-20-13-23)15-8-9-16-17(12-15)22-19(21-16)14-6-4-3-5-7-14/h3-13,18H,2H2,1H3,(H,21,22). The SMILES string of the molecule is CCC(c1ccc2nc(-c3ccccc3)[nH]c2c1)n1ccnc1. The molecular weight excluding hydrogens is 284 g/mol. The Kier molecular flexibility index (Phi) is 3.42. The summed E-state index contributed by atoms with van der Waals surface area (Å²) in [5.74, 6) is 0.911. The van der Waals surface area contributed by atoms with Gasteiger partial charge < -0.3 is 9.55 Å². The summed E-state index contributed by atoms with van der Waals surface area (Å²) in [5.41, 5.74) is 4.43. The van der Waals surface area contributed by atoms with E-state index in [2.05, 4.69) is 51.8 Å². The average Bonchev–Trinajstić information content (AvgIpc) is 3.25. The molecule has 0 aliphatic carbocycles. The summed E-state index contributed by atoms with van der Waals surface area (Å²) in [6.45, 7) is 2.19. The number of aromatic amines is 1. The van der Waals surface area contributed by atoms with Crippen LogP contribution in [0.3, 0.4) is 0 Å². The van der Waals surface area contributed by atoms with Crippen molar-refractivity contribution >= 4 is 11.0 Å². The Labute approximate surface area is 134 Å². The van der Waals surface area contributed by atoms with Crippen molar-refractivity contribution in [1.82, 2.24) is 19.5 Å². The first kappa shape index (κ1) is 13.8. The van der Waals surface area contributed by atoms with E-state index in [4.69, 9.17) is 4.98 Å². The zero-order valence-corrected chi connectivity index (χ0v) is 13.0. The molecule has 4 rings (SSSR count). The maximum atomic E-state index is 4.70. The monoisotopic (exact) mass is 302 g/mol. The van der Waals surface area contributed by atoms with Crippen molar-refractivity contribution < 1.29 is 0 Å². The number of nitrogens with one attached hydrogen (secondary N) is 1. The Morgan fingerprint density at radius 3 is 2.74 bits per heavy atom. The summed E-state index contributed by atoms with van der Waals surface area (Å²) in [6, 6.07) is 17.0. The Bertz CT molecular complexity index is 907. The fourth-order valence-electron chi connectivity index (χ4n) is 3.04. The minimum atomic E-state index is 0.297. The first-order valence-electron chi connectivity index (χ1n) is 7.87. The average molecular weight is 302 g/mol. The molecule has 4 nitrogen and oxygen atoms in total. The molecule has 1 atom stereocenters. The maximum absolute atomic E-state index is 4.70. The Balaban J connectivity index is 1.76. The van der Waals surface area contributed by atoms with Crippen molar-refractivity contribution in [3.05, 3.63) is 72.8 Å². The highest BCUT2D eigenvalue weighted by molar-refractivity contribution is 5.80. The van der Waals surface area contributed by atoms with Gasteiger partial charge in [0.15, 0.2) is 0 Å². The largest absolute Gasteiger partial charge is 0.338 e. The van der Waals surface area contributed by atoms with Crippen LogP contribution in [0.5, 0.6) is 0 Å². The van der Waals surface area contributed by atoms with E-state index in [1.54, 1.807) is 0 Å². The molecule has 0 bridgehead atoms. The van der Waals surface area contributed by atoms with Crippen LogP contribution >= 0.6 is 0 Å². The lowest BCUT2D eigenvalue weighted by Gasteiger charge is -2.16. The number of aromatic nitrogens is 4. The van der Waals surface area contributed by atoms with Gasteiger partial charge in [-0.15, -0.1) is 0 Å². The lowest BCUT2D eigenvalue weighted by atomic mass is 10.0. The molecule has 114 valence electrons. The summed E-state index contributed by atoms with van der Waals surface area (Å²) < 4.78 is 2.15. The highest BCUT2D eigenvalue weighted by Gasteiger charge is 2.13. The quantitative estimate of drug-likeness (QED) is 0.606. The predicted octanol–water partition coefficient (Wildman–Crippen LogP) is 4.43. The van der Waals surface area contributed by atoms with Gasteiger partial charge in [0.2, 0.25) is 0 Å². The molecule has 2 heterocycles. The van der Waals surface area contributed by atoms with Crippen LogP contribution in [0.2, 0.25) is 0 Å². The van der Waals surface area contributed by atoms with Crippen LogP contribution in [-0.2, 0) is 0 Å². The summed E-state index contributed by atoms with van der Waals surface area (Å²) in [4.78, 5) is 12.3. The smallest absolute Gasteiger partial charge is 0.138 e. The summed E-state index contributed by atoms with van der Waals surface area (Å²) in [7, 11) is 0. The summed E-state index contributed by atoms with van der Waals surface area (Å²) >= 11 is 0. The first-order valence-corrected chi connectivity index (χ1v) is 7.87. The van der Waals surface area contributed by atoms with Gasteiger partial charge in [0.25, 0.3) is 0 Å². The summed E-state index contributed by atoms with van der Waals surface area (Å²) in [6.07, 6.45) is 6.73. The van der Waals surface area contributed by atoms with E-state index in [1.165, 1.54) is 5.56 Å². The van der Waals surface area contributed by atoms with Crippen LogP contribution in [0.4, 0.5) is 0 Å². The highest BCUT2D eigenvalue weighted by atomic mass is 15.0. The minimum Gasteiger partial charge on any atom is -0.338 e. The molecule has 2 aromatic heterocycles. The fraction of sp³-hybridized carbons (Fsp3) is 0.158. The third kappa shape index (κ3) is 2.52. The predicted molar refractivity (Wildman–Crippen MR) is 92.2 cm³/mol. The van der Waals surface area contributed by atoms with E-state index in [-0.39, 0.29) is 0 Å². The number of fused-ring (bicyclic) bond motifs is 1. The molecular formula is C19H18N4. The molecule has 1 N–H and O–H groups in total. The van der Waals surface area contributed by atoms with Crippen molar-refractivity contribution in [3.8, 4) is 11.4 Å². The molecule has 0 saturated carbocycles. The third-order valence-electron chi connectivity index (χ3n) is 4.21. The second-order valence-electron chi connectivity index (χ2n) is 5.66. The van der Waals surface area contributed by atoms with E-state index in [9.17, 15) is 0 Å². The molecule has 0 fully saturated rings. The lowest BCUT2D eigenvalue weighted by molar-refractivity contribution is 0.567. The Morgan fingerprint density at radius 2 is 2.00 bits per heavy atom. The number of imidazole rings is 2. The molecule has 0 saturated heterocycles. The van der Waals surface area contributed by atoms with Gasteiger partial charge in [-0.25, -0.2) is 9.97 Å². The van der Waals surface area contributed by atoms with Crippen molar-refractivity contribution in [1.29, 1.82) is 0 Å². The summed E-state index contributed by atoms with van der Waals surface area (Å²) in [5, 5.41) is 0. The van der Waals surface area contributed by atoms with Gasteiger partial charge >= 0.3 is 0 Å². The molecule has 1 unspecified atom stereocenters. The van der Waals surface area contributed by atoms with Gasteiger partial charge in [-0.2, -0.15) is 0 Å². The van der Waals surface area contributed by atoms with Crippen molar-refractivity contribution in [2.45, 2.75) is 19.4 Å². The lowest BCUT2D eigenvalue weighted by Crippen LogP contribution is -2.07. The van der Waals surface area contributed by atoms with Crippen molar-refractivity contribution in [3.63, 3.8) is 0 Å². The molecule has 0 aliphatic heterocycles. The fourth-order valence-corrected chi connectivity index (χ4v) is 3.04. The van der Waals surface area contributed by atoms with E-state index in [1.807, 2.05) is 36.9 Å². The van der Waals surface area contributed by atoms with Crippen LogP contribution in [0.25, 0.3) is 22.4 Å². The van der Waals surface area contributed by atoms with E-state index in [0.717, 1.165) is 28.8 Å². The molecule has 0 aliphatic rings. The van der Waals surface area contributed by atoms with Crippen molar-refractivity contribution in [2.24, 2.45) is 0 Å². The van der Waals surface area contributed by atoms with Gasteiger partial charge in [0.1, 0.15) is 5.82 Å². The van der Waals surface area contributed by atoms with E-state index >= 15 is 0 Å². The second-order valence-corrected chi connectivity index (χ2v) is 5.66. The Morgan fingerprint density at radius 1 is 1.13 bits per heavy atom. The zero-order valence-electron chi connectivity index (χ0n) is 13.0. The van der Waals surface area contributed by atoms with Gasteiger partial charge in [0, 0.05) is 18.0 Å². The van der Waals surface area contributed by atoms with E-state index < -0.39 is 0 Å². The van der Waals surface area contributed by atoms with Gasteiger partial charge in [0.05, 0.1) is 23.4 Å². The van der Waals surface area contributed by atoms with Crippen LogP contribution in [0.15, 0.2) is 67.3 Å². The van der Waals surface area contributed by atoms with Crippen LogP contribution < -0.4 is 0 Å². The maximum Gasteiger partial charge on any atom is 0.138 e. The van der Waals surface area contributed by atoms with Crippen LogP contribution in [0.1, 0.15) is 24.9 Å². The second kappa shape index (κ2) is 5.72.